The zero-order valence-electron chi connectivity index (χ0n) is 12.1. The number of para-hydroxylation sites is 1. The Kier molecular flexibility index (Phi) is 4.97. The maximum Gasteiger partial charge on any atom is 0.231 e. The van der Waals surface area contributed by atoms with E-state index in [1.54, 1.807) is 0 Å². The molecule has 3 nitrogen and oxygen atoms in total. The summed E-state index contributed by atoms with van der Waals surface area (Å²) in [5.41, 5.74) is 2.28. The van der Waals surface area contributed by atoms with E-state index in [2.05, 4.69) is 30.9 Å². The van der Waals surface area contributed by atoms with Crippen molar-refractivity contribution in [3.8, 4) is 0 Å². The van der Waals surface area contributed by atoms with Crippen molar-refractivity contribution in [2.75, 3.05) is 31.1 Å². The largest absolute Gasteiger partial charge is 0.311 e. The first-order valence-corrected chi connectivity index (χ1v) is 7.36. The lowest BCUT2D eigenvalue weighted by molar-refractivity contribution is -0.117. The van der Waals surface area contributed by atoms with Crippen molar-refractivity contribution in [1.82, 2.24) is 4.90 Å². The summed E-state index contributed by atoms with van der Waals surface area (Å²) in [6.45, 7) is 8.45. The van der Waals surface area contributed by atoms with Crippen LogP contribution in [0.3, 0.4) is 0 Å². The van der Waals surface area contributed by atoms with Crippen LogP contribution in [-0.2, 0) is 11.2 Å². The third-order valence-corrected chi connectivity index (χ3v) is 3.64. The van der Waals surface area contributed by atoms with Gasteiger partial charge in [-0.2, -0.15) is 0 Å². The molecular weight excluding hydrogens is 236 g/mol. The second-order valence-electron chi connectivity index (χ2n) is 5.19. The van der Waals surface area contributed by atoms with Gasteiger partial charge < -0.3 is 9.80 Å². The van der Waals surface area contributed by atoms with Crippen LogP contribution < -0.4 is 4.90 Å². The number of hydrogen-bond acceptors (Lipinski definition) is 2. The highest BCUT2D eigenvalue weighted by molar-refractivity contribution is 6.01. The van der Waals surface area contributed by atoms with Crippen molar-refractivity contribution in [3.63, 3.8) is 0 Å². The highest BCUT2D eigenvalue weighted by atomic mass is 16.2. The highest BCUT2D eigenvalue weighted by Gasteiger charge is 2.26. The van der Waals surface area contributed by atoms with Crippen LogP contribution in [0.25, 0.3) is 0 Å². The molecule has 0 N–H and O–H groups in total. The average molecular weight is 260 g/mol. The van der Waals surface area contributed by atoms with Crippen LogP contribution in [0.4, 0.5) is 5.69 Å². The van der Waals surface area contributed by atoms with E-state index in [0.29, 0.717) is 6.42 Å². The Balaban J connectivity index is 1.97. The number of amides is 1. The van der Waals surface area contributed by atoms with E-state index >= 15 is 0 Å². The van der Waals surface area contributed by atoms with Gasteiger partial charge in [-0.1, -0.05) is 32.0 Å². The molecule has 1 heterocycles. The van der Waals surface area contributed by atoms with Gasteiger partial charge in [0.2, 0.25) is 5.91 Å². The number of rotatable bonds is 7. The van der Waals surface area contributed by atoms with E-state index in [1.165, 1.54) is 18.4 Å². The van der Waals surface area contributed by atoms with E-state index in [4.69, 9.17) is 0 Å². The molecule has 0 saturated carbocycles. The molecular formula is C16H24N2O. The SMILES string of the molecule is CCCN(CCC)CCN1C(=O)Cc2ccccc21. The summed E-state index contributed by atoms with van der Waals surface area (Å²) in [4.78, 5) is 16.5. The van der Waals surface area contributed by atoms with Gasteiger partial charge in [-0.15, -0.1) is 0 Å². The molecule has 1 aromatic carbocycles. The minimum absolute atomic E-state index is 0.245. The summed E-state index contributed by atoms with van der Waals surface area (Å²) >= 11 is 0. The van der Waals surface area contributed by atoms with Crippen molar-refractivity contribution < 1.29 is 4.79 Å². The molecule has 104 valence electrons. The number of nitrogens with zero attached hydrogens (tertiary/aromatic N) is 2. The third kappa shape index (κ3) is 3.35. The molecule has 2 rings (SSSR count). The van der Waals surface area contributed by atoms with Crippen LogP contribution in [0.2, 0.25) is 0 Å². The quantitative estimate of drug-likeness (QED) is 0.752. The fourth-order valence-electron chi connectivity index (χ4n) is 2.77. The highest BCUT2D eigenvalue weighted by Crippen LogP contribution is 2.27. The first kappa shape index (κ1) is 14.1. The Bertz CT molecular complexity index is 425. The number of hydrogen-bond donors (Lipinski definition) is 0. The standard InChI is InChI=1S/C16H24N2O/c1-3-9-17(10-4-2)11-12-18-15-8-6-5-7-14(15)13-16(18)19/h5-8H,3-4,9-13H2,1-2H3. The lowest BCUT2D eigenvalue weighted by Crippen LogP contribution is -2.37. The second-order valence-corrected chi connectivity index (χ2v) is 5.19. The summed E-state index contributed by atoms with van der Waals surface area (Å²) in [6.07, 6.45) is 2.91. The van der Waals surface area contributed by atoms with Crippen molar-refractivity contribution in [1.29, 1.82) is 0 Å². The molecule has 1 aromatic rings. The molecule has 1 aliphatic heterocycles. The summed E-state index contributed by atoms with van der Waals surface area (Å²) in [6, 6.07) is 8.14. The molecule has 0 fully saturated rings. The van der Waals surface area contributed by atoms with Gasteiger partial charge in [-0.25, -0.2) is 0 Å². The molecule has 0 atom stereocenters. The van der Waals surface area contributed by atoms with Crippen LogP contribution in [0, 0.1) is 0 Å². The van der Waals surface area contributed by atoms with E-state index in [1.807, 2.05) is 17.0 Å². The van der Waals surface area contributed by atoms with E-state index in [9.17, 15) is 4.79 Å². The number of anilines is 1. The van der Waals surface area contributed by atoms with Crippen molar-refractivity contribution in [2.45, 2.75) is 33.1 Å². The molecule has 1 amide bonds. The van der Waals surface area contributed by atoms with Gasteiger partial charge in [0, 0.05) is 18.8 Å². The molecule has 0 bridgehead atoms. The fourth-order valence-corrected chi connectivity index (χ4v) is 2.77. The average Bonchev–Trinajstić information content (AvgIpc) is 2.72. The Hall–Kier alpha value is -1.35. The number of fused-ring (bicyclic) bond motifs is 1. The number of carbonyl (C=O) groups excluding carboxylic acids is 1. The van der Waals surface area contributed by atoms with Crippen LogP contribution in [0.15, 0.2) is 24.3 Å². The zero-order chi connectivity index (χ0) is 13.7. The van der Waals surface area contributed by atoms with Gasteiger partial charge in [-0.3, -0.25) is 4.79 Å². The van der Waals surface area contributed by atoms with Gasteiger partial charge in [-0.05, 0) is 37.6 Å². The minimum Gasteiger partial charge on any atom is -0.311 e. The maximum atomic E-state index is 12.1. The van der Waals surface area contributed by atoms with Gasteiger partial charge >= 0.3 is 0 Å². The first-order chi connectivity index (χ1) is 9.26. The topological polar surface area (TPSA) is 23.6 Å². The zero-order valence-corrected chi connectivity index (χ0v) is 12.1. The summed E-state index contributed by atoms with van der Waals surface area (Å²) in [5.74, 6) is 0.245. The Morgan fingerprint density at radius 2 is 1.79 bits per heavy atom. The van der Waals surface area contributed by atoms with Crippen molar-refractivity contribution in [3.05, 3.63) is 29.8 Å². The van der Waals surface area contributed by atoms with Crippen LogP contribution in [0.1, 0.15) is 32.3 Å². The Labute approximate surface area is 116 Å². The monoisotopic (exact) mass is 260 g/mol. The minimum atomic E-state index is 0.245. The molecule has 0 aromatic heterocycles. The van der Waals surface area contributed by atoms with Crippen molar-refractivity contribution in [2.24, 2.45) is 0 Å². The molecule has 3 heteroatoms. The van der Waals surface area contributed by atoms with Gasteiger partial charge in [0.05, 0.1) is 6.42 Å². The predicted molar refractivity (Wildman–Crippen MR) is 79.5 cm³/mol. The van der Waals surface area contributed by atoms with E-state index in [0.717, 1.165) is 31.9 Å². The van der Waals surface area contributed by atoms with Crippen molar-refractivity contribution >= 4 is 11.6 Å². The fraction of sp³-hybridized carbons (Fsp3) is 0.562. The van der Waals surface area contributed by atoms with Gasteiger partial charge in [0.15, 0.2) is 0 Å². The molecule has 1 aliphatic rings. The normalized spacial score (nSPS) is 14.3. The van der Waals surface area contributed by atoms with E-state index < -0.39 is 0 Å². The van der Waals surface area contributed by atoms with Gasteiger partial charge in [0.25, 0.3) is 0 Å². The van der Waals surface area contributed by atoms with Crippen LogP contribution >= 0.6 is 0 Å². The Morgan fingerprint density at radius 3 is 2.47 bits per heavy atom. The molecule has 0 spiro atoms. The molecule has 0 unspecified atom stereocenters. The number of carbonyl (C=O) groups is 1. The predicted octanol–water partition coefficient (Wildman–Crippen LogP) is 2.70. The first-order valence-electron chi connectivity index (χ1n) is 7.36. The summed E-state index contributed by atoms with van der Waals surface area (Å²) in [5, 5.41) is 0. The summed E-state index contributed by atoms with van der Waals surface area (Å²) < 4.78 is 0. The maximum absolute atomic E-state index is 12.1. The molecule has 19 heavy (non-hydrogen) atoms. The number of benzene rings is 1. The smallest absolute Gasteiger partial charge is 0.231 e. The molecule has 0 radical (unpaired) electrons. The van der Waals surface area contributed by atoms with Crippen LogP contribution in [-0.4, -0.2) is 37.0 Å². The third-order valence-electron chi connectivity index (χ3n) is 3.64. The van der Waals surface area contributed by atoms with E-state index in [-0.39, 0.29) is 5.91 Å². The molecule has 0 saturated heterocycles. The van der Waals surface area contributed by atoms with Crippen LogP contribution in [0.5, 0.6) is 0 Å². The van der Waals surface area contributed by atoms with Gasteiger partial charge in [0.1, 0.15) is 0 Å². The lowest BCUT2D eigenvalue weighted by atomic mass is 10.2. The Morgan fingerprint density at radius 1 is 1.11 bits per heavy atom. The second kappa shape index (κ2) is 6.71. The summed E-state index contributed by atoms with van der Waals surface area (Å²) in [7, 11) is 0. The lowest BCUT2D eigenvalue weighted by Gasteiger charge is -2.25. The molecule has 0 aliphatic carbocycles.